The molecule has 3 atom stereocenters. The standard InChI is InChI=1S/C27H39N3O6/c1-30(2)26(32)18-36-25-16-28-15-24(27(25)20-7-9-21(34-4)10-8-20)35-17-19-6-11-23(31)22(14-19)29-12-5-13-33-3/h6-11,14,24-25,27-29,31H,5,12-13,15-18H2,1-4H3/t24-,25+,27?/m0/s1. The number of nitrogens with zero attached hydrogens (tertiary/aromatic N) is 1. The lowest BCUT2D eigenvalue weighted by Crippen LogP contribution is -2.51. The number of benzene rings is 2. The number of hydrogen-bond donors (Lipinski definition) is 3. The van der Waals surface area contributed by atoms with Crippen LogP contribution in [0.2, 0.25) is 0 Å². The van der Waals surface area contributed by atoms with Gasteiger partial charge in [-0.15, -0.1) is 0 Å². The van der Waals surface area contributed by atoms with Crippen LogP contribution >= 0.6 is 0 Å². The topological polar surface area (TPSA) is 102 Å². The average molecular weight is 502 g/mol. The number of likely N-dealkylation sites (N-methyl/N-ethyl adjacent to an activating group) is 1. The van der Waals surface area contributed by atoms with Gasteiger partial charge >= 0.3 is 0 Å². The van der Waals surface area contributed by atoms with Crippen molar-refractivity contribution in [3.05, 3.63) is 53.6 Å². The first-order chi connectivity index (χ1) is 17.4. The van der Waals surface area contributed by atoms with Crippen molar-refractivity contribution >= 4 is 11.6 Å². The Morgan fingerprint density at radius 2 is 1.81 bits per heavy atom. The van der Waals surface area contributed by atoms with Gasteiger partial charge in [-0.25, -0.2) is 0 Å². The minimum absolute atomic E-state index is 0.00871. The summed E-state index contributed by atoms with van der Waals surface area (Å²) in [5.74, 6) is 0.822. The third-order valence-corrected chi connectivity index (χ3v) is 6.28. The average Bonchev–Trinajstić information content (AvgIpc) is 2.89. The minimum Gasteiger partial charge on any atom is -0.506 e. The summed E-state index contributed by atoms with van der Waals surface area (Å²) in [5, 5.41) is 16.9. The molecule has 36 heavy (non-hydrogen) atoms. The van der Waals surface area contributed by atoms with Crippen LogP contribution in [0.3, 0.4) is 0 Å². The molecule has 3 N–H and O–H groups in total. The number of phenolic OH excluding ortho intramolecular Hbond substituents is 1. The number of ether oxygens (including phenoxy) is 4. The number of nitrogens with one attached hydrogen (secondary N) is 2. The number of methoxy groups -OCH3 is 2. The lowest BCUT2D eigenvalue weighted by molar-refractivity contribution is -0.138. The van der Waals surface area contributed by atoms with Gasteiger partial charge in [0.25, 0.3) is 0 Å². The van der Waals surface area contributed by atoms with E-state index < -0.39 is 0 Å². The van der Waals surface area contributed by atoms with Crippen LogP contribution in [0.1, 0.15) is 23.5 Å². The van der Waals surface area contributed by atoms with Gasteiger partial charge < -0.3 is 39.6 Å². The molecule has 1 saturated heterocycles. The SMILES string of the molecule is COCCCNc1cc(CO[C@H]2CNC[C@@H](OCC(=O)N(C)C)C2c2ccc(OC)cc2)ccc1O. The number of hydrogen-bond acceptors (Lipinski definition) is 8. The molecular weight excluding hydrogens is 462 g/mol. The second-order valence-electron chi connectivity index (χ2n) is 9.07. The minimum atomic E-state index is -0.237. The van der Waals surface area contributed by atoms with Gasteiger partial charge in [0.05, 0.1) is 31.6 Å². The van der Waals surface area contributed by atoms with Crippen LogP contribution < -0.4 is 15.4 Å². The molecule has 1 fully saturated rings. The van der Waals surface area contributed by atoms with Gasteiger partial charge in [-0.05, 0) is 41.8 Å². The molecule has 1 aliphatic heterocycles. The number of piperidine rings is 1. The summed E-state index contributed by atoms with van der Waals surface area (Å²) in [4.78, 5) is 13.7. The third kappa shape index (κ3) is 7.83. The molecule has 0 saturated carbocycles. The van der Waals surface area contributed by atoms with Crippen molar-refractivity contribution < 1.29 is 28.8 Å². The van der Waals surface area contributed by atoms with Gasteiger partial charge in [-0.3, -0.25) is 4.79 Å². The summed E-state index contributed by atoms with van der Waals surface area (Å²) in [6.07, 6.45) is 0.420. The van der Waals surface area contributed by atoms with Gasteiger partial charge in [-0.1, -0.05) is 18.2 Å². The van der Waals surface area contributed by atoms with Crippen LogP contribution in [-0.2, 0) is 25.6 Å². The fraction of sp³-hybridized carbons (Fsp3) is 0.519. The molecule has 1 heterocycles. The van der Waals surface area contributed by atoms with E-state index in [4.69, 9.17) is 18.9 Å². The van der Waals surface area contributed by atoms with Gasteiger partial charge in [0.1, 0.15) is 18.1 Å². The molecule has 9 nitrogen and oxygen atoms in total. The maximum Gasteiger partial charge on any atom is 0.248 e. The first kappa shape index (κ1) is 27.7. The van der Waals surface area contributed by atoms with Crippen LogP contribution in [0.5, 0.6) is 11.5 Å². The lowest BCUT2D eigenvalue weighted by atomic mass is 9.85. The molecule has 1 aliphatic rings. The molecule has 198 valence electrons. The Morgan fingerprint density at radius 1 is 1.08 bits per heavy atom. The quantitative estimate of drug-likeness (QED) is 0.284. The third-order valence-electron chi connectivity index (χ3n) is 6.28. The van der Waals surface area contributed by atoms with E-state index in [2.05, 4.69) is 10.6 Å². The fourth-order valence-corrected chi connectivity index (χ4v) is 4.21. The number of anilines is 1. The summed E-state index contributed by atoms with van der Waals surface area (Å²) >= 11 is 0. The predicted molar refractivity (Wildman–Crippen MR) is 139 cm³/mol. The summed E-state index contributed by atoms with van der Waals surface area (Å²) in [6.45, 7) is 3.00. The van der Waals surface area contributed by atoms with E-state index in [9.17, 15) is 9.90 Å². The van der Waals surface area contributed by atoms with E-state index in [1.807, 2.05) is 36.4 Å². The van der Waals surface area contributed by atoms with Crippen molar-refractivity contribution in [1.82, 2.24) is 10.2 Å². The lowest BCUT2D eigenvalue weighted by Gasteiger charge is -2.38. The second kappa shape index (κ2) is 14.0. The Hall–Kier alpha value is -2.85. The molecular formula is C27H39N3O6. The molecule has 1 amide bonds. The number of carbonyl (C=O) groups is 1. The largest absolute Gasteiger partial charge is 0.506 e. The smallest absolute Gasteiger partial charge is 0.248 e. The first-order valence-electron chi connectivity index (χ1n) is 12.3. The maximum absolute atomic E-state index is 12.2. The van der Waals surface area contributed by atoms with Crippen molar-refractivity contribution in [2.45, 2.75) is 31.2 Å². The Bertz CT molecular complexity index is 953. The summed E-state index contributed by atoms with van der Waals surface area (Å²) < 4.78 is 22.9. The summed E-state index contributed by atoms with van der Waals surface area (Å²) in [7, 11) is 6.75. The molecule has 0 spiro atoms. The van der Waals surface area contributed by atoms with E-state index >= 15 is 0 Å². The molecule has 9 heteroatoms. The van der Waals surface area contributed by atoms with Crippen LogP contribution in [0.4, 0.5) is 5.69 Å². The Balaban J connectivity index is 1.73. The summed E-state index contributed by atoms with van der Waals surface area (Å²) in [5.41, 5.74) is 2.68. The van der Waals surface area contributed by atoms with Crippen molar-refractivity contribution in [1.29, 1.82) is 0 Å². The monoisotopic (exact) mass is 501 g/mol. The molecule has 0 bridgehead atoms. The van der Waals surface area contributed by atoms with Gasteiger partial charge in [0, 0.05) is 53.4 Å². The van der Waals surface area contributed by atoms with Gasteiger partial charge in [0.15, 0.2) is 0 Å². The van der Waals surface area contributed by atoms with Crippen molar-refractivity contribution in [3.8, 4) is 11.5 Å². The van der Waals surface area contributed by atoms with E-state index in [-0.39, 0.29) is 36.4 Å². The zero-order valence-corrected chi connectivity index (χ0v) is 21.7. The number of aromatic hydroxyl groups is 1. The molecule has 1 unspecified atom stereocenters. The normalized spacial score (nSPS) is 19.6. The van der Waals surface area contributed by atoms with E-state index in [1.165, 1.54) is 4.90 Å². The molecule has 2 aromatic rings. The number of phenols is 1. The van der Waals surface area contributed by atoms with Crippen LogP contribution in [0, 0.1) is 0 Å². The van der Waals surface area contributed by atoms with Crippen LogP contribution in [0.25, 0.3) is 0 Å². The van der Waals surface area contributed by atoms with Gasteiger partial charge in [0.2, 0.25) is 5.91 Å². The summed E-state index contributed by atoms with van der Waals surface area (Å²) in [6, 6.07) is 13.4. The van der Waals surface area contributed by atoms with Crippen molar-refractivity contribution in [2.24, 2.45) is 0 Å². The zero-order valence-electron chi connectivity index (χ0n) is 21.7. The molecule has 0 radical (unpaired) electrons. The fourth-order valence-electron chi connectivity index (χ4n) is 4.21. The maximum atomic E-state index is 12.2. The Kier molecular flexibility index (Phi) is 10.8. The van der Waals surface area contributed by atoms with E-state index in [0.717, 1.165) is 23.3 Å². The second-order valence-corrected chi connectivity index (χ2v) is 9.07. The van der Waals surface area contributed by atoms with Gasteiger partial charge in [-0.2, -0.15) is 0 Å². The predicted octanol–water partition coefficient (Wildman–Crippen LogP) is 2.59. The Labute approximate surface area is 213 Å². The van der Waals surface area contributed by atoms with E-state index in [0.29, 0.717) is 38.5 Å². The molecule has 2 aromatic carbocycles. The zero-order chi connectivity index (χ0) is 25.9. The van der Waals surface area contributed by atoms with Crippen LogP contribution in [0.15, 0.2) is 42.5 Å². The molecule has 3 rings (SSSR count). The highest BCUT2D eigenvalue weighted by Crippen LogP contribution is 2.32. The van der Waals surface area contributed by atoms with Crippen LogP contribution in [-0.4, -0.2) is 89.3 Å². The number of rotatable bonds is 13. The first-order valence-corrected chi connectivity index (χ1v) is 12.3. The Morgan fingerprint density at radius 3 is 2.47 bits per heavy atom. The molecule has 0 aromatic heterocycles. The molecule has 0 aliphatic carbocycles. The van der Waals surface area contributed by atoms with Crippen molar-refractivity contribution in [2.75, 3.05) is 66.5 Å². The van der Waals surface area contributed by atoms with E-state index in [1.54, 1.807) is 34.4 Å². The number of amides is 1. The highest BCUT2D eigenvalue weighted by atomic mass is 16.5. The number of carbonyl (C=O) groups excluding carboxylic acids is 1. The van der Waals surface area contributed by atoms with Crippen molar-refractivity contribution in [3.63, 3.8) is 0 Å². The highest BCUT2D eigenvalue weighted by molar-refractivity contribution is 5.76. The highest BCUT2D eigenvalue weighted by Gasteiger charge is 2.36.